The Kier molecular flexibility index (Phi) is 4.12. The standard InChI is InChI=1S/C15H19NOS/c1-5-12(6-2)18-11(4)15-16-13-8-7-10(3)9-14(13)17-15/h7-9,12H,4-6H2,1-3H3. The maximum Gasteiger partial charge on any atom is 0.233 e. The second kappa shape index (κ2) is 5.61. The molecule has 1 aromatic carbocycles. The summed E-state index contributed by atoms with van der Waals surface area (Å²) in [6.45, 7) is 10.5. The average molecular weight is 261 g/mol. The molecule has 0 saturated heterocycles. The molecule has 2 nitrogen and oxygen atoms in total. The molecule has 18 heavy (non-hydrogen) atoms. The molecule has 0 saturated carbocycles. The molecule has 0 fully saturated rings. The lowest BCUT2D eigenvalue weighted by Gasteiger charge is -2.11. The van der Waals surface area contributed by atoms with Crippen LogP contribution in [-0.4, -0.2) is 10.2 Å². The van der Waals surface area contributed by atoms with Crippen molar-refractivity contribution in [2.24, 2.45) is 0 Å². The largest absolute Gasteiger partial charge is 0.436 e. The number of thioether (sulfide) groups is 1. The van der Waals surface area contributed by atoms with Crippen LogP contribution in [0.2, 0.25) is 0 Å². The van der Waals surface area contributed by atoms with Gasteiger partial charge in [-0.3, -0.25) is 0 Å². The summed E-state index contributed by atoms with van der Waals surface area (Å²) in [6, 6.07) is 6.05. The molecule has 2 aromatic rings. The maximum absolute atomic E-state index is 5.77. The Morgan fingerprint density at radius 3 is 2.78 bits per heavy atom. The fourth-order valence-electron chi connectivity index (χ4n) is 1.86. The van der Waals surface area contributed by atoms with Crippen LogP contribution in [0.4, 0.5) is 0 Å². The number of aryl methyl sites for hydroxylation is 1. The molecule has 0 aliphatic carbocycles. The summed E-state index contributed by atoms with van der Waals surface area (Å²) < 4.78 is 5.77. The molecular weight excluding hydrogens is 242 g/mol. The van der Waals surface area contributed by atoms with E-state index in [0.717, 1.165) is 28.8 Å². The van der Waals surface area contributed by atoms with E-state index in [4.69, 9.17) is 4.42 Å². The smallest absolute Gasteiger partial charge is 0.233 e. The Bertz CT molecular complexity index is 555. The van der Waals surface area contributed by atoms with E-state index in [0.29, 0.717) is 11.1 Å². The number of hydrogen-bond donors (Lipinski definition) is 0. The SMILES string of the molecule is C=C(SC(CC)CC)c1nc2ccc(C)cc2o1. The third-order valence-electron chi connectivity index (χ3n) is 3.00. The fourth-order valence-corrected chi connectivity index (χ4v) is 2.78. The van der Waals surface area contributed by atoms with Crippen LogP contribution >= 0.6 is 11.8 Å². The van der Waals surface area contributed by atoms with E-state index in [1.54, 1.807) is 11.8 Å². The summed E-state index contributed by atoms with van der Waals surface area (Å²) in [6.07, 6.45) is 2.28. The minimum Gasteiger partial charge on any atom is -0.436 e. The lowest BCUT2D eigenvalue weighted by molar-refractivity contribution is 0.587. The molecule has 0 N–H and O–H groups in total. The van der Waals surface area contributed by atoms with Crippen LogP contribution in [0.3, 0.4) is 0 Å². The van der Waals surface area contributed by atoms with E-state index in [9.17, 15) is 0 Å². The first-order valence-electron chi connectivity index (χ1n) is 6.37. The van der Waals surface area contributed by atoms with Gasteiger partial charge in [0.2, 0.25) is 5.89 Å². The van der Waals surface area contributed by atoms with Gasteiger partial charge in [-0.15, -0.1) is 11.8 Å². The van der Waals surface area contributed by atoms with E-state index >= 15 is 0 Å². The number of aromatic nitrogens is 1. The predicted molar refractivity (Wildman–Crippen MR) is 79.7 cm³/mol. The lowest BCUT2D eigenvalue weighted by Crippen LogP contribution is -1.97. The van der Waals surface area contributed by atoms with Gasteiger partial charge in [-0.1, -0.05) is 26.5 Å². The number of fused-ring (bicyclic) bond motifs is 1. The maximum atomic E-state index is 5.77. The topological polar surface area (TPSA) is 26.0 Å². The minimum atomic E-state index is 0.592. The van der Waals surface area contributed by atoms with Crippen molar-refractivity contribution >= 4 is 27.8 Å². The van der Waals surface area contributed by atoms with Crippen molar-refractivity contribution < 1.29 is 4.42 Å². The van der Waals surface area contributed by atoms with Crippen LogP contribution in [0.5, 0.6) is 0 Å². The predicted octanol–water partition coefficient (Wildman–Crippen LogP) is 5.03. The minimum absolute atomic E-state index is 0.592. The number of oxazole rings is 1. The van der Waals surface area contributed by atoms with Gasteiger partial charge in [0.05, 0.1) is 4.91 Å². The molecule has 0 amide bonds. The first-order chi connectivity index (χ1) is 8.63. The monoisotopic (exact) mass is 261 g/mol. The Hall–Kier alpha value is -1.22. The summed E-state index contributed by atoms with van der Waals surface area (Å²) in [5.74, 6) is 0.660. The number of benzene rings is 1. The molecular formula is C15H19NOS. The molecule has 0 bridgehead atoms. The molecule has 0 unspecified atom stereocenters. The zero-order valence-electron chi connectivity index (χ0n) is 11.2. The van der Waals surface area contributed by atoms with Gasteiger partial charge < -0.3 is 4.42 Å². The second-order valence-electron chi connectivity index (χ2n) is 4.47. The van der Waals surface area contributed by atoms with Gasteiger partial charge in [-0.2, -0.15) is 0 Å². The third-order valence-corrected chi connectivity index (χ3v) is 4.46. The normalized spacial score (nSPS) is 11.3. The zero-order valence-corrected chi connectivity index (χ0v) is 12.0. The highest BCUT2D eigenvalue weighted by Crippen LogP contribution is 2.33. The number of rotatable bonds is 5. The quantitative estimate of drug-likeness (QED) is 0.755. The van der Waals surface area contributed by atoms with Crippen molar-refractivity contribution in [3.8, 4) is 0 Å². The van der Waals surface area contributed by atoms with Gasteiger partial charge in [0.1, 0.15) is 5.52 Å². The van der Waals surface area contributed by atoms with Crippen LogP contribution in [0.25, 0.3) is 16.0 Å². The van der Waals surface area contributed by atoms with E-state index in [1.165, 1.54) is 5.56 Å². The Labute approximate surface area is 112 Å². The highest BCUT2D eigenvalue weighted by molar-refractivity contribution is 8.08. The van der Waals surface area contributed by atoms with Crippen LogP contribution < -0.4 is 0 Å². The third kappa shape index (κ3) is 2.78. The Balaban J connectivity index is 2.23. The highest BCUT2D eigenvalue weighted by atomic mass is 32.2. The van der Waals surface area contributed by atoms with Crippen molar-refractivity contribution in [2.75, 3.05) is 0 Å². The van der Waals surface area contributed by atoms with Crippen molar-refractivity contribution in [1.82, 2.24) is 4.98 Å². The van der Waals surface area contributed by atoms with Gasteiger partial charge >= 0.3 is 0 Å². The van der Waals surface area contributed by atoms with E-state index < -0.39 is 0 Å². The van der Waals surface area contributed by atoms with Crippen LogP contribution in [0.1, 0.15) is 38.1 Å². The molecule has 0 spiro atoms. The Morgan fingerprint density at radius 1 is 1.39 bits per heavy atom. The summed E-state index contributed by atoms with van der Waals surface area (Å²) in [4.78, 5) is 5.42. The van der Waals surface area contributed by atoms with E-state index in [-0.39, 0.29) is 0 Å². The van der Waals surface area contributed by atoms with Gasteiger partial charge in [0.15, 0.2) is 5.58 Å². The number of hydrogen-bond acceptors (Lipinski definition) is 3. The van der Waals surface area contributed by atoms with Crippen molar-refractivity contribution in [3.05, 3.63) is 36.2 Å². The molecule has 0 aliphatic heterocycles. The second-order valence-corrected chi connectivity index (χ2v) is 5.86. The van der Waals surface area contributed by atoms with Gasteiger partial charge in [-0.25, -0.2) is 4.98 Å². The zero-order chi connectivity index (χ0) is 13.1. The van der Waals surface area contributed by atoms with Crippen LogP contribution in [0, 0.1) is 6.92 Å². The van der Waals surface area contributed by atoms with Crippen molar-refractivity contribution in [3.63, 3.8) is 0 Å². The summed E-state index contributed by atoms with van der Waals surface area (Å²) in [7, 11) is 0. The number of nitrogens with zero attached hydrogens (tertiary/aromatic N) is 1. The summed E-state index contributed by atoms with van der Waals surface area (Å²) >= 11 is 1.77. The molecule has 3 heteroatoms. The Morgan fingerprint density at radius 2 is 2.11 bits per heavy atom. The van der Waals surface area contributed by atoms with E-state index in [2.05, 4.69) is 32.3 Å². The average Bonchev–Trinajstić information content (AvgIpc) is 2.78. The van der Waals surface area contributed by atoms with Crippen molar-refractivity contribution in [1.29, 1.82) is 0 Å². The molecule has 1 heterocycles. The van der Waals surface area contributed by atoms with Crippen LogP contribution in [0.15, 0.2) is 29.2 Å². The highest BCUT2D eigenvalue weighted by Gasteiger charge is 2.13. The molecule has 2 rings (SSSR count). The molecule has 1 aromatic heterocycles. The van der Waals surface area contributed by atoms with E-state index in [1.807, 2.05) is 18.2 Å². The molecule has 0 atom stereocenters. The van der Waals surface area contributed by atoms with Gasteiger partial charge in [0, 0.05) is 5.25 Å². The van der Waals surface area contributed by atoms with Crippen LogP contribution in [-0.2, 0) is 0 Å². The first kappa shape index (κ1) is 13.2. The summed E-state index contributed by atoms with van der Waals surface area (Å²) in [5, 5.41) is 0.592. The van der Waals surface area contributed by atoms with Gasteiger partial charge in [-0.05, 0) is 37.5 Å². The molecule has 0 radical (unpaired) electrons. The molecule has 96 valence electrons. The fraction of sp³-hybridized carbons (Fsp3) is 0.400. The summed E-state index contributed by atoms with van der Waals surface area (Å²) in [5.41, 5.74) is 2.93. The molecule has 0 aliphatic rings. The lowest BCUT2D eigenvalue weighted by atomic mass is 10.2. The first-order valence-corrected chi connectivity index (χ1v) is 7.25. The van der Waals surface area contributed by atoms with Crippen molar-refractivity contribution in [2.45, 2.75) is 38.9 Å². The van der Waals surface area contributed by atoms with Gasteiger partial charge in [0.25, 0.3) is 0 Å².